The van der Waals surface area contributed by atoms with E-state index < -0.39 is 12.2 Å². The molecule has 3 aliphatic carbocycles. The van der Waals surface area contributed by atoms with E-state index in [0.717, 1.165) is 139 Å². The maximum absolute atomic E-state index is 12.3. The van der Waals surface area contributed by atoms with Gasteiger partial charge in [-0.1, -0.05) is 0 Å². The molecule has 78 heavy (non-hydrogen) atoms. The van der Waals surface area contributed by atoms with E-state index in [0.29, 0.717) is 37.6 Å². The number of thiazole rings is 3. The maximum Gasteiger partial charge on any atom is 0.160 e. The summed E-state index contributed by atoms with van der Waals surface area (Å²) in [6, 6.07) is 18.0. The van der Waals surface area contributed by atoms with Crippen molar-refractivity contribution in [2.75, 3.05) is 111 Å². The number of rotatable bonds is 21. The summed E-state index contributed by atoms with van der Waals surface area (Å²) in [5, 5.41) is 23.1. The van der Waals surface area contributed by atoms with E-state index in [-0.39, 0.29) is 37.4 Å². The molecule has 4 atom stereocenters. The Labute approximate surface area is 472 Å². The van der Waals surface area contributed by atoms with Crippen molar-refractivity contribution in [3.8, 4) is 31.7 Å². The molecular weight excluding hydrogens is 1050 g/mol. The number of Topliss-reactive ketones (excluding diaryl/α,β-unsaturated/α-hetero) is 2. The molecule has 0 fully saturated rings. The molecule has 19 heteroatoms. The van der Waals surface area contributed by atoms with Gasteiger partial charge in [-0.05, 0) is 139 Å². The molecule has 0 bridgehead atoms. The molecular formula is C59H78N6O10S3. The normalized spacial score (nSPS) is 16.9. The maximum atomic E-state index is 12.3. The van der Waals surface area contributed by atoms with Crippen molar-refractivity contribution in [3.05, 3.63) is 103 Å². The largest absolute Gasteiger partial charge is 0.389 e. The van der Waals surface area contributed by atoms with Crippen LogP contribution < -0.4 is 14.7 Å². The minimum absolute atomic E-state index is 0.000582. The van der Waals surface area contributed by atoms with Gasteiger partial charge in [-0.2, -0.15) is 0 Å². The van der Waals surface area contributed by atoms with Gasteiger partial charge >= 0.3 is 0 Å². The number of fused-ring (bicyclic) bond motifs is 3. The Morgan fingerprint density at radius 1 is 0.577 bits per heavy atom. The van der Waals surface area contributed by atoms with Crippen LogP contribution in [0.1, 0.15) is 142 Å². The van der Waals surface area contributed by atoms with Crippen LogP contribution in [-0.4, -0.2) is 133 Å². The highest BCUT2D eigenvalue weighted by Gasteiger charge is 2.29. The van der Waals surface area contributed by atoms with Crippen LogP contribution in [0.15, 0.2) is 54.6 Å². The summed E-state index contributed by atoms with van der Waals surface area (Å²) in [6.07, 6.45) is 7.68. The van der Waals surface area contributed by atoms with Crippen molar-refractivity contribution in [2.24, 2.45) is 0 Å². The van der Waals surface area contributed by atoms with Crippen molar-refractivity contribution in [1.82, 2.24) is 15.0 Å². The summed E-state index contributed by atoms with van der Waals surface area (Å²) in [5.41, 5.74) is 11.3. The molecule has 0 saturated carbocycles. The summed E-state index contributed by atoms with van der Waals surface area (Å²) in [6.45, 7) is 7.67. The van der Waals surface area contributed by atoms with Crippen LogP contribution in [0.3, 0.4) is 0 Å². The number of benzene rings is 3. The molecule has 3 aromatic carbocycles. The van der Waals surface area contributed by atoms with Crippen LogP contribution in [0.4, 0.5) is 17.1 Å². The van der Waals surface area contributed by atoms with E-state index in [1.807, 2.05) is 99.5 Å². The third-order valence-electron chi connectivity index (χ3n) is 13.8. The molecule has 9 rings (SSSR count). The number of aliphatic hydroxyl groups excluding tert-OH is 2. The van der Waals surface area contributed by atoms with Crippen molar-refractivity contribution >= 4 is 62.6 Å². The first-order valence-electron chi connectivity index (χ1n) is 26.7. The Morgan fingerprint density at radius 3 is 1.36 bits per heavy atom. The molecule has 2 N–H and O–H groups in total. The second kappa shape index (κ2) is 28.9. The predicted molar refractivity (Wildman–Crippen MR) is 313 cm³/mol. The minimum Gasteiger partial charge on any atom is -0.389 e. The number of nitrogens with zero attached hydrogens (tertiary/aromatic N) is 6. The first-order chi connectivity index (χ1) is 37.5. The van der Waals surface area contributed by atoms with Crippen molar-refractivity contribution in [2.45, 2.75) is 103 Å². The molecule has 3 aromatic heterocycles. The smallest absolute Gasteiger partial charge is 0.160 e. The summed E-state index contributed by atoms with van der Waals surface area (Å²) < 4.78 is 32.8. The van der Waals surface area contributed by atoms with Gasteiger partial charge in [0.15, 0.2) is 11.6 Å². The number of aliphatic hydroxyl groups is 2. The molecule has 4 unspecified atom stereocenters. The summed E-state index contributed by atoms with van der Waals surface area (Å²) >= 11 is 4.81. The highest BCUT2D eigenvalue weighted by Crippen LogP contribution is 2.44. The van der Waals surface area contributed by atoms with E-state index >= 15 is 0 Å². The molecule has 16 nitrogen and oxygen atoms in total. The average molecular weight is 1130 g/mol. The molecule has 3 heterocycles. The first kappa shape index (κ1) is 60.6. The number of carbonyl (C=O) groups is 2. The molecule has 0 amide bonds. The second-order valence-corrected chi connectivity index (χ2v) is 23.3. The highest BCUT2D eigenvalue weighted by molar-refractivity contribution is 7.16. The zero-order valence-corrected chi connectivity index (χ0v) is 49.6. The van der Waals surface area contributed by atoms with E-state index in [9.17, 15) is 19.8 Å². The molecule has 0 spiro atoms. The fourth-order valence-corrected chi connectivity index (χ4v) is 13.1. The second-order valence-electron chi connectivity index (χ2n) is 20.2. The van der Waals surface area contributed by atoms with E-state index in [1.54, 1.807) is 57.7 Å². The fraction of sp³-hybridized carbons (Fsp3) is 0.508. The fourth-order valence-electron chi connectivity index (χ4n) is 9.43. The third-order valence-corrected chi connectivity index (χ3v) is 17.5. The monoisotopic (exact) mass is 1130 g/mol. The number of hydrogen-bond donors (Lipinski definition) is 2. The van der Waals surface area contributed by atoms with E-state index in [2.05, 4.69) is 17.1 Å². The Balaban J connectivity index is 0.000000171. The van der Waals surface area contributed by atoms with Crippen LogP contribution in [0, 0.1) is 0 Å². The van der Waals surface area contributed by atoms with Crippen LogP contribution in [0.25, 0.3) is 31.7 Å². The van der Waals surface area contributed by atoms with Gasteiger partial charge < -0.3 is 53.3 Å². The molecule has 0 saturated heterocycles. The number of ketones is 2. The van der Waals surface area contributed by atoms with E-state index in [4.69, 9.17) is 38.4 Å². The number of aromatic nitrogens is 3. The zero-order valence-electron chi connectivity index (χ0n) is 47.2. The van der Waals surface area contributed by atoms with Gasteiger partial charge in [0.1, 0.15) is 28.6 Å². The number of hydrogen-bond acceptors (Lipinski definition) is 19. The quantitative estimate of drug-likeness (QED) is 0.0395. The topological polar surface area (TPSA) is 178 Å². The lowest BCUT2D eigenvalue weighted by Gasteiger charge is -2.21. The van der Waals surface area contributed by atoms with Gasteiger partial charge in [0.25, 0.3) is 0 Å². The SMILES string of the molecule is CC(=O)c1cc(N(C)C)ccc1-c1nc2c(s1)C(O)CCC2.COCCOCOC1CCCc2nc(-c3ccc(N(C)C)cc3C(C)=O)sc21.COCCOCOC1CCCc2nc(-c3ccc(N(C)C)cc3C(C)O)sc21. The number of ether oxygens (including phenoxy) is 6. The van der Waals surface area contributed by atoms with Crippen molar-refractivity contribution in [1.29, 1.82) is 0 Å². The Morgan fingerprint density at radius 2 is 0.962 bits per heavy atom. The highest BCUT2D eigenvalue weighted by atomic mass is 32.1. The Bertz CT molecular complexity index is 2930. The van der Waals surface area contributed by atoms with Crippen LogP contribution in [0.2, 0.25) is 0 Å². The van der Waals surface area contributed by atoms with Gasteiger partial charge in [0, 0.05) is 101 Å². The van der Waals surface area contributed by atoms with E-state index in [1.165, 1.54) is 16.2 Å². The van der Waals surface area contributed by atoms with Gasteiger partial charge in [-0.3, -0.25) is 9.59 Å². The summed E-state index contributed by atoms with van der Waals surface area (Å²) in [7, 11) is 15.2. The molecule has 0 radical (unpaired) electrons. The molecule has 6 aromatic rings. The standard InChI is InChI=1S/C21H30N2O4S.C21H28N2O4S.C17H20N2O2S/c2*1-14(24)17-12-15(23(2)3)8-9-16(17)21-22-18-6-5-7-19(20(18)28-21)27-13-26-11-10-25-4;1-10(20)13-9-11(19(2)3)7-8-12(13)17-18-14-5-4-6-15(21)16(14)22-17/h8-9,12,14,19,24H,5-7,10-11,13H2,1-4H3;8-9,12,19H,5-7,10-11,13H2,1-4H3;7-9,15,21H,4-6H2,1-3H3. The third kappa shape index (κ3) is 15.4. The molecule has 0 aliphatic heterocycles. The van der Waals surface area contributed by atoms with Gasteiger partial charge in [0.2, 0.25) is 0 Å². The minimum atomic E-state index is -0.558. The van der Waals surface area contributed by atoms with Gasteiger partial charge in [-0.25, -0.2) is 15.0 Å². The Kier molecular flexibility index (Phi) is 22.5. The molecule has 3 aliphatic rings. The number of methoxy groups -OCH3 is 2. The van der Waals surface area contributed by atoms with Gasteiger partial charge in [0.05, 0.1) is 82.6 Å². The van der Waals surface area contributed by atoms with Crippen molar-refractivity contribution in [3.63, 3.8) is 0 Å². The van der Waals surface area contributed by atoms with Gasteiger partial charge in [-0.15, -0.1) is 34.0 Å². The van der Waals surface area contributed by atoms with Crippen LogP contribution in [0.5, 0.6) is 0 Å². The number of aryl methyl sites for hydroxylation is 3. The lowest BCUT2D eigenvalue weighted by atomic mass is 10.00. The summed E-state index contributed by atoms with van der Waals surface area (Å²) in [5.74, 6) is 0.0821. The Hall–Kier alpha value is -5.03. The predicted octanol–water partition coefficient (Wildman–Crippen LogP) is 11.5. The van der Waals surface area contributed by atoms with Crippen LogP contribution >= 0.6 is 34.0 Å². The van der Waals surface area contributed by atoms with Crippen molar-refractivity contribution < 1.29 is 48.2 Å². The zero-order chi connectivity index (χ0) is 56.0. The van der Waals surface area contributed by atoms with Crippen LogP contribution in [-0.2, 0) is 47.7 Å². The average Bonchev–Trinajstić information content (AvgIpc) is 4.29. The number of carbonyl (C=O) groups excluding carboxylic acids is 2. The summed E-state index contributed by atoms with van der Waals surface area (Å²) in [4.78, 5) is 48.0. The molecule has 422 valence electrons. The first-order valence-corrected chi connectivity index (χ1v) is 29.1. The lowest BCUT2D eigenvalue weighted by Crippen LogP contribution is -2.14. The number of anilines is 3. The lowest BCUT2D eigenvalue weighted by molar-refractivity contribution is -0.102.